The van der Waals surface area contributed by atoms with E-state index in [4.69, 9.17) is 14.2 Å². The maximum Gasteiger partial charge on any atom is 0.200 e. The van der Waals surface area contributed by atoms with Crippen molar-refractivity contribution in [1.82, 2.24) is 9.97 Å². The third kappa shape index (κ3) is 3.04. The summed E-state index contributed by atoms with van der Waals surface area (Å²) in [5, 5.41) is 0. The molecule has 0 amide bonds. The molecule has 0 aromatic carbocycles. The van der Waals surface area contributed by atoms with E-state index in [0.29, 0.717) is 12.5 Å². The Morgan fingerprint density at radius 3 is 2.61 bits per heavy atom. The first kappa shape index (κ1) is 13.4. The van der Waals surface area contributed by atoms with E-state index in [1.165, 1.54) is 12.8 Å². The first-order chi connectivity index (χ1) is 8.80. The quantitative estimate of drug-likeness (QED) is 0.697. The van der Waals surface area contributed by atoms with Crippen LogP contribution in [-0.2, 0) is 14.2 Å². The van der Waals surface area contributed by atoms with Gasteiger partial charge in [0.15, 0.2) is 5.82 Å². The number of aromatic nitrogens is 2. The van der Waals surface area contributed by atoms with Crippen LogP contribution in [0.25, 0.3) is 0 Å². The van der Waals surface area contributed by atoms with Gasteiger partial charge in [-0.25, -0.2) is 9.97 Å². The van der Waals surface area contributed by atoms with Gasteiger partial charge in [-0.05, 0) is 31.7 Å². The van der Waals surface area contributed by atoms with Crippen LogP contribution in [0, 0.1) is 5.92 Å². The highest BCUT2D eigenvalue weighted by atomic mass is 16.7. The van der Waals surface area contributed by atoms with Crippen molar-refractivity contribution in [3.05, 3.63) is 23.8 Å². The Labute approximate surface area is 107 Å². The van der Waals surface area contributed by atoms with Gasteiger partial charge in [-0.1, -0.05) is 0 Å². The molecule has 5 nitrogen and oxygen atoms in total. The lowest BCUT2D eigenvalue weighted by molar-refractivity contribution is -0.109. The molecule has 1 saturated carbocycles. The van der Waals surface area contributed by atoms with Gasteiger partial charge in [-0.3, -0.25) is 0 Å². The lowest BCUT2D eigenvalue weighted by Crippen LogP contribution is -2.14. The Hall–Kier alpha value is -1.04. The standard InChI is InChI=1S/C13H20N2O3/c1-4-18-11(9-5-6-9)12-14-8-7-10(15-12)13(16-2)17-3/h7-9,11,13H,4-6H2,1-3H3. The molecule has 5 heteroatoms. The van der Waals surface area contributed by atoms with Crippen LogP contribution in [0.3, 0.4) is 0 Å². The zero-order valence-corrected chi connectivity index (χ0v) is 11.1. The molecule has 1 heterocycles. The molecule has 1 aliphatic rings. The van der Waals surface area contributed by atoms with Crippen LogP contribution in [0.15, 0.2) is 12.3 Å². The summed E-state index contributed by atoms with van der Waals surface area (Å²) in [6.07, 6.45) is 3.67. The van der Waals surface area contributed by atoms with Gasteiger partial charge in [0.25, 0.3) is 0 Å². The highest BCUT2D eigenvalue weighted by Crippen LogP contribution is 2.42. The number of hydrogen-bond acceptors (Lipinski definition) is 5. The van der Waals surface area contributed by atoms with Crippen molar-refractivity contribution < 1.29 is 14.2 Å². The second-order valence-corrected chi connectivity index (χ2v) is 4.36. The highest BCUT2D eigenvalue weighted by Gasteiger charge is 2.35. The van der Waals surface area contributed by atoms with Gasteiger partial charge in [-0.15, -0.1) is 0 Å². The lowest BCUT2D eigenvalue weighted by Gasteiger charge is -2.17. The third-order valence-electron chi connectivity index (χ3n) is 3.02. The molecular formula is C13H20N2O3. The SMILES string of the molecule is CCOC(c1nccc(C(OC)OC)n1)C1CC1. The predicted molar refractivity (Wildman–Crippen MR) is 65.9 cm³/mol. The van der Waals surface area contributed by atoms with E-state index in [9.17, 15) is 0 Å². The van der Waals surface area contributed by atoms with E-state index in [1.54, 1.807) is 26.5 Å². The minimum atomic E-state index is -0.451. The zero-order valence-electron chi connectivity index (χ0n) is 11.1. The van der Waals surface area contributed by atoms with E-state index in [-0.39, 0.29) is 6.10 Å². The average molecular weight is 252 g/mol. The van der Waals surface area contributed by atoms with Crippen LogP contribution in [0.2, 0.25) is 0 Å². The molecular weight excluding hydrogens is 232 g/mol. The van der Waals surface area contributed by atoms with Crippen LogP contribution in [0.5, 0.6) is 0 Å². The van der Waals surface area contributed by atoms with Crippen molar-refractivity contribution in [2.75, 3.05) is 20.8 Å². The summed E-state index contributed by atoms with van der Waals surface area (Å²) in [4.78, 5) is 8.83. The predicted octanol–water partition coefficient (Wildman–Crippen LogP) is 2.26. The topological polar surface area (TPSA) is 53.5 Å². The van der Waals surface area contributed by atoms with E-state index in [1.807, 2.05) is 6.92 Å². The normalized spacial score (nSPS) is 17.1. The Kier molecular flexibility index (Phi) is 4.63. The fraction of sp³-hybridized carbons (Fsp3) is 0.692. The molecule has 0 radical (unpaired) electrons. The third-order valence-corrected chi connectivity index (χ3v) is 3.02. The first-order valence-electron chi connectivity index (χ1n) is 6.30. The number of methoxy groups -OCH3 is 2. The number of hydrogen-bond donors (Lipinski definition) is 0. The molecule has 0 N–H and O–H groups in total. The molecule has 2 rings (SSSR count). The maximum absolute atomic E-state index is 5.75. The van der Waals surface area contributed by atoms with Crippen molar-refractivity contribution in [2.45, 2.75) is 32.2 Å². The van der Waals surface area contributed by atoms with Gasteiger partial charge in [0, 0.05) is 27.0 Å². The summed E-state index contributed by atoms with van der Waals surface area (Å²) in [6, 6.07) is 1.80. The fourth-order valence-electron chi connectivity index (χ4n) is 1.99. The Bertz CT molecular complexity index is 378. The second-order valence-electron chi connectivity index (χ2n) is 4.36. The molecule has 18 heavy (non-hydrogen) atoms. The molecule has 0 saturated heterocycles. The van der Waals surface area contributed by atoms with Gasteiger partial charge >= 0.3 is 0 Å². The molecule has 100 valence electrons. The Morgan fingerprint density at radius 1 is 1.33 bits per heavy atom. The largest absolute Gasteiger partial charge is 0.370 e. The van der Waals surface area contributed by atoms with Crippen molar-refractivity contribution in [3.63, 3.8) is 0 Å². The van der Waals surface area contributed by atoms with Gasteiger partial charge in [-0.2, -0.15) is 0 Å². The Balaban J connectivity index is 2.18. The second kappa shape index (κ2) is 6.22. The number of ether oxygens (including phenoxy) is 3. The monoisotopic (exact) mass is 252 g/mol. The summed E-state index contributed by atoms with van der Waals surface area (Å²) in [5.74, 6) is 1.29. The van der Waals surface area contributed by atoms with Crippen LogP contribution in [0.1, 0.15) is 43.7 Å². The number of nitrogens with zero attached hydrogens (tertiary/aromatic N) is 2. The van der Waals surface area contributed by atoms with Gasteiger partial charge < -0.3 is 14.2 Å². The molecule has 0 bridgehead atoms. The molecule has 1 unspecified atom stereocenters. The van der Waals surface area contributed by atoms with Crippen molar-refractivity contribution in [3.8, 4) is 0 Å². The molecule has 0 spiro atoms. The average Bonchev–Trinajstić information content (AvgIpc) is 3.22. The first-order valence-corrected chi connectivity index (χ1v) is 6.30. The van der Waals surface area contributed by atoms with Crippen molar-refractivity contribution in [2.24, 2.45) is 5.92 Å². The highest BCUT2D eigenvalue weighted by molar-refractivity contribution is 5.08. The van der Waals surface area contributed by atoms with Crippen molar-refractivity contribution in [1.29, 1.82) is 0 Å². The summed E-state index contributed by atoms with van der Waals surface area (Å²) in [6.45, 7) is 2.67. The summed E-state index contributed by atoms with van der Waals surface area (Å²) >= 11 is 0. The summed E-state index contributed by atoms with van der Waals surface area (Å²) in [7, 11) is 3.19. The lowest BCUT2D eigenvalue weighted by atomic mass is 10.2. The molecule has 0 aliphatic heterocycles. The van der Waals surface area contributed by atoms with E-state index in [2.05, 4.69) is 9.97 Å². The zero-order chi connectivity index (χ0) is 13.0. The summed E-state index contributed by atoms with van der Waals surface area (Å²) in [5.41, 5.74) is 0.732. The minimum absolute atomic E-state index is 0.00399. The van der Waals surface area contributed by atoms with Crippen LogP contribution in [-0.4, -0.2) is 30.8 Å². The Morgan fingerprint density at radius 2 is 2.06 bits per heavy atom. The molecule has 1 aromatic rings. The van der Waals surface area contributed by atoms with Crippen LogP contribution >= 0.6 is 0 Å². The van der Waals surface area contributed by atoms with E-state index >= 15 is 0 Å². The van der Waals surface area contributed by atoms with E-state index in [0.717, 1.165) is 11.5 Å². The molecule has 1 aliphatic carbocycles. The van der Waals surface area contributed by atoms with Gasteiger partial charge in [0.05, 0.1) is 0 Å². The molecule has 1 atom stereocenters. The molecule has 1 fully saturated rings. The minimum Gasteiger partial charge on any atom is -0.370 e. The smallest absolute Gasteiger partial charge is 0.200 e. The molecule has 1 aromatic heterocycles. The van der Waals surface area contributed by atoms with Crippen LogP contribution < -0.4 is 0 Å². The van der Waals surface area contributed by atoms with Crippen molar-refractivity contribution >= 4 is 0 Å². The maximum atomic E-state index is 5.75. The van der Waals surface area contributed by atoms with Crippen LogP contribution in [0.4, 0.5) is 0 Å². The van der Waals surface area contributed by atoms with Gasteiger partial charge in [0.1, 0.15) is 11.8 Å². The number of rotatable bonds is 7. The summed E-state index contributed by atoms with van der Waals surface area (Å²) < 4.78 is 16.2. The van der Waals surface area contributed by atoms with E-state index < -0.39 is 6.29 Å². The fourth-order valence-corrected chi connectivity index (χ4v) is 1.99. The van der Waals surface area contributed by atoms with Gasteiger partial charge in [0.2, 0.25) is 6.29 Å².